The maximum absolute atomic E-state index is 11.6. The van der Waals surface area contributed by atoms with Crippen LogP contribution < -0.4 is 5.73 Å². The predicted octanol–water partition coefficient (Wildman–Crippen LogP) is 3.55. The van der Waals surface area contributed by atoms with Crippen molar-refractivity contribution in [3.05, 3.63) is 70.7 Å². The Bertz CT molecular complexity index is 1090. The summed E-state index contributed by atoms with van der Waals surface area (Å²) in [5.74, 6) is -0.847. The fourth-order valence-corrected chi connectivity index (χ4v) is 3.28. The molecule has 1 heterocycles. The molecule has 0 fully saturated rings. The molecule has 3 aromatic rings. The van der Waals surface area contributed by atoms with Crippen LogP contribution in [0.5, 0.6) is 0 Å². The Morgan fingerprint density at radius 3 is 2.17 bits per heavy atom. The Morgan fingerprint density at radius 1 is 0.931 bits per heavy atom. The van der Waals surface area contributed by atoms with E-state index in [0.717, 1.165) is 33.5 Å². The molecule has 0 saturated heterocycles. The highest BCUT2D eigenvalue weighted by molar-refractivity contribution is 5.92. The Morgan fingerprint density at radius 2 is 1.59 bits per heavy atom. The second kappa shape index (κ2) is 8.22. The number of aromatic nitrogens is 2. The van der Waals surface area contributed by atoms with E-state index in [1.165, 1.54) is 7.11 Å². The van der Waals surface area contributed by atoms with Gasteiger partial charge < -0.3 is 10.5 Å². The molecule has 6 nitrogen and oxygen atoms in total. The average molecular weight is 389 g/mol. The summed E-state index contributed by atoms with van der Waals surface area (Å²) in [5.41, 5.74) is 12.5. The molecule has 6 heteroatoms. The van der Waals surface area contributed by atoms with E-state index < -0.39 is 5.91 Å². The van der Waals surface area contributed by atoms with Gasteiger partial charge in [-0.05, 0) is 43.0 Å². The smallest absolute Gasteiger partial charge is 0.309 e. The number of amides is 1. The molecular formula is C23H23N3O3. The van der Waals surface area contributed by atoms with Gasteiger partial charge in [0.1, 0.15) is 5.69 Å². The third kappa shape index (κ3) is 4.32. The van der Waals surface area contributed by atoms with E-state index in [2.05, 4.69) is 16.0 Å². The van der Waals surface area contributed by atoms with Crippen molar-refractivity contribution >= 4 is 11.9 Å². The molecule has 0 spiro atoms. The van der Waals surface area contributed by atoms with Gasteiger partial charge in [0, 0.05) is 5.56 Å². The largest absolute Gasteiger partial charge is 0.469 e. The second-order valence-electron chi connectivity index (χ2n) is 6.94. The first-order chi connectivity index (χ1) is 13.8. The Balaban J connectivity index is 1.94. The molecule has 148 valence electrons. The molecule has 0 radical (unpaired) electrons. The summed E-state index contributed by atoms with van der Waals surface area (Å²) in [6.45, 7) is 5.59. The summed E-state index contributed by atoms with van der Waals surface area (Å²) in [6, 6.07) is 13.8. The van der Waals surface area contributed by atoms with E-state index >= 15 is 0 Å². The monoisotopic (exact) mass is 389 g/mol. The van der Waals surface area contributed by atoms with Crippen LogP contribution in [0.4, 0.5) is 0 Å². The molecule has 0 aliphatic carbocycles. The molecule has 0 saturated carbocycles. The number of carbonyl (C=O) groups is 2. The van der Waals surface area contributed by atoms with Crippen LogP contribution in [0.2, 0.25) is 0 Å². The molecule has 29 heavy (non-hydrogen) atoms. The van der Waals surface area contributed by atoms with Crippen LogP contribution in [0.25, 0.3) is 22.4 Å². The van der Waals surface area contributed by atoms with Gasteiger partial charge >= 0.3 is 5.97 Å². The number of esters is 1. The molecule has 1 amide bonds. The SMILES string of the molecule is COC(=O)Cc1ccc(-c2ccc(-c3nc(C(N)=O)c(C)nc3C)c(C)c2)cc1. The van der Waals surface area contributed by atoms with Crippen LogP contribution in [0.1, 0.15) is 33.0 Å². The number of carbonyl (C=O) groups excluding carboxylic acids is 2. The summed E-state index contributed by atoms with van der Waals surface area (Å²) in [6.07, 6.45) is 0.252. The second-order valence-corrected chi connectivity index (χ2v) is 6.94. The van der Waals surface area contributed by atoms with Crippen molar-refractivity contribution in [1.29, 1.82) is 0 Å². The van der Waals surface area contributed by atoms with Gasteiger partial charge in [-0.15, -0.1) is 0 Å². The van der Waals surface area contributed by atoms with Crippen LogP contribution in [0.15, 0.2) is 42.5 Å². The van der Waals surface area contributed by atoms with Crippen molar-refractivity contribution in [2.24, 2.45) is 5.73 Å². The molecule has 3 rings (SSSR count). The van der Waals surface area contributed by atoms with Crippen LogP contribution in [-0.4, -0.2) is 29.0 Å². The highest BCUT2D eigenvalue weighted by Crippen LogP contribution is 2.29. The van der Waals surface area contributed by atoms with Crippen molar-refractivity contribution < 1.29 is 14.3 Å². The van der Waals surface area contributed by atoms with Gasteiger partial charge in [0.15, 0.2) is 0 Å². The van der Waals surface area contributed by atoms with E-state index in [1.807, 2.05) is 50.2 Å². The lowest BCUT2D eigenvalue weighted by molar-refractivity contribution is -0.139. The van der Waals surface area contributed by atoms with Crippen molar-refractivity contribution in [3.63, 3.8) is 0 Å². The van der Waals surface area contributed by atoms with E-state index in [-0.39, 0.29) is 18.1 Å². The number of hydrogen-bond donors (Lipinski definition) is 1. The number of hydrogen-bond acceptors (Lipinski definition) is 5. The number of primary amides is 1. The Hall–Kier alpha value is -3.54. The Kier molecular flexibility index (Phi) is 5.73. The number of nitrogens with two attached hydrogens (primary N) is 1. The number of rotatable bonds is 5. The maximum Gasteiger partial charge on any atom is 0.309 e. The third-order valence-electron chi connectivity index (χ3n) is 4.82. The first-order valence-corrected chi connectivity index (χ1v) is 9.22. The molecule has 0 unspecified atom stereocenters. The summed E-state index contributed by atoms with van der Waals surface area (Å²) in [4.78, 5) is 32.0. The van der Waals surface area contributed by atoms with Crippen molar-refractivity contribution in [2.45, 2.75) is 27.2 Å². The number of benzene rings is 2. The van der Waals surface area contributed by atoms with E-state index in [4.69, 9.17) is 10.5 Å². The first-order valence-electron chi connectivity index (χ1n) is 9.22. The fourth-order valence-electron chi connectivity index (χ4n) is 3.28. The van der Waals surface area contributed by atoms with E-state index in [9.17, 15) is 9.59 Å². The minimum atomic E-state index is -0.586. The van der Waals surface area contributed by atoms with Gasteiger partial charge in [0.2, 0.25) is 0 Å². The highest BCUT2D eigenvalue weighted by atomic mass is 16.5. The number of ether oxygens (including phenoxy) is 1. The van der Waals surface area contributed by atoms with Gasteiger partial charge in [-0.3, -0.25) is 14.6 Å². The van der Waals surface area contributed by atoms with Crippen LogP contribution in [-0.2, 0) is 16.0 Å². The lowest BCUT2D eigenvalue weighted by Gasteiger charge is -2.12. The summed E-state index contributed by atoms with van der Waals surface area (Å²) in [5, 5.41) is 0. The normalized spacial score (nSPS) is 10.6. The van der Waals surface area contributed by atoms with Gasteiger partial charge in [0.05, 0.1) is 30.6 Å². The minimum absolute atomic E-state index is 0.190. The minimum Gasteiger partial charge on any atom is -0.469 e. The molecule has 1 aromatic heterocycles. The van der Waals surface area contributed by atoms with Gasteiger partial charge in [-0.2, -0.15) is 0 Å². The quantitative estimate of drug-likeness (QED) is 0.673. The standard InChI is InChI=1S/C23H23N3O3/c1-13-11-18(17-7-5-16(6-8-17)12-20(27)29-4)9-10-19(13)21-14(2)25-15(3)22(26-21)23(24)28/h5-11H,12H2,1-4H3,(H2,24,28). The zero-order valence-electron chi connectivity index (χ0n) is 16.9. The fraction of sp³-hybridized carbons (Fsp3) is 0.217. The average Bonchev–Trinajstić information content (AvgIpc) is 2.68. The van der Waals surface area contributed by atoms with Crippen molar-refractivity contribution in [3.8, 4) is 22.4 Å². The molecule has 2 aromatic carbocycles. The molecule has 2 N–H and O–H groups in total. The van der Waals surface area contributed by atoms with Crippen LogP contribution in [0, 0.1) is 20.8 Å². The number of aryl methyl sites for hydroxylation is 3. The van der Waals surface area contributed by atoms with Gasteiger partial charge in [-0.1, -0.05) is 42.5 Å². The molecule has 0 atom stereocenters. The van der Waals surface area contributed by atoms with Crippen LogP contribution >= 0.6 is 0 Å². The van der Waals surface area contributed by atoms with E-state index in [0.29, 0.717) is 11.4 Å². The summed E-state index contributed by atoms with van der Waals surface area (Å²) < 4.78 is 4.70. The number of nitrogens with zero attached hydrogens (tertiary/aromatic N) is 2. The van der Waals surface area contributed by atoms with Gasteiger partial charge in [-0.25, -0.2) is 4.98 Å². The van der Waals surface area contributed by atoms with Crippen molar-refractivity contribution in [1.82, 2.24) is 9.97 Å². The van der Waals surface area contributed by atoms with Crippen LogP contribution in [0.3, 0.4) is 0 Å². The highest BCUT2D eigenvalue weighted by Gasteiger charge is 2.15. The third-order valence-corrected chi connectivity index (χ3v) is 4.82. The van der Waals surface area contributed by atoms with Gasteiger partial charge in [0.25, 0.3) is 5.91 Å². The zero-order chi connectivity index (χ0) is 21.1. The number of methoxy groups -OCH3 is 1. The first kappa shape index (κ1) is 20.2. The Labute approximate surface area is 169 Å². The zero-order valence-corrected chi connectivity index (χ0v) is 16.9. The summed E-state index contributed by atoms with van der Waals surface area (Å²) in [7, 11) is 1.38. The van der Waals surface area contributed by atoms with Crippen molar-refractivity contribution in [2.75, 3.05) is 7.11 Å². The molecule has 0 aliphatic heterocycles. The molecule has 0 bridgehead atoms. The predicted molar refractivity (Wildman–Crippen MR) is 111 cm³/mol. The maximum atomic E-state index is 11.6. The topological polar surface area (TPSA) is 95.2 Å². The molecule has 0 aliphatic rings. The van der Waals surface area contributed by atoms with E-state index in [1.54, 1.807) is 6.92 Å². The lowest BCUT2D eigenvalue weighted by Crippen LogP contribution is -2.17. The summed E-state index contributed by atoms with van der Waals surface area (Å²) >= 11 is 0. The lowest BCUT2D eigenvalue weighted by atomic mass is 9.96. The molecular weight excluding hydrogens is 366 g/mol.